The van der Waals surface area contributed by atoms with Gasteiger partial charge < -0.3 is 10.2 Å². The molecule has 0 aliphatic carbocycles. The third-order valence-electron chi connectivity index (χ3n) is 3.46. The Bertz CT molecular complexity index is 588. The van der Waals surface area contributed by atoms with Crippen LogP contribution in [0.5, 0.6) is 0 Å². The average Bonchev–Trinajstić information content (AvgIpc) is 2.52. The topological polar surface area (TPSA) is 99.3 Å². The van der Waals surface area contributed by atoms with Gasteiger partial charge in [-0.2, -0.15) is 5.26 Å². The van der Waals surface area contributed by atoms with Crippen LogP contribution in [0.2, 0.25) is 0 Å². The summed E-state index contributed by atoms with van der Waals surface area (Å²) >= 11 is 0. The number of nitrogens with zero attached hydrogens (tertiary/aromatic N) is 3. The molecule has 1 aliphatic rings. The molecule has 2 rings (SSSR count). The fourth-order valence-electron chi connectivity index (χ4n) is 2.33. The molecule has 21 heavy (non-hydrogen) atoms. The van der Waals surface area contributed by atoms with E-state index in [1.807, 2.05) is 6.07 Å². The molecule has 1 saturated heterocycles. The lowest BCUT2D eigenvalue weighted by atomic mass is 10.1. The van der Waals surface area contributed by atoms with Gasteiger partial charge in [0.15, 0.2) is 0 Å². The van der Waals surface area contributed by atoms with Crippen LogP contribution >= 0.6 is 0 Å². The number of likely N-dealkylation sites (tertiary alicyclic amines) is 1. The lowest BCUT2D eigenvalue weighted by Gasteiger charge is -2.26. The van der Waals surface area contributed by atoms with Crippen LogP contribution in [0.1, 0.15) is 24.8 Å². The van der Waals surface area contributed by atoms with Crippen molar-refractivity contribution in [3.05, 3.63) is 33.9 Å². The van der Waals surface area contributed by atoms with E-state index in [1.54, 1.807) is 4.90 Å². The van der Waals surface area contributed by atoms with E-state index in [0.29, 0.717) is 5.56 Å². The molecule has 0 saturated carbocycles. The predicted molar refractivity (Wildman–Crippen MR) is 76.7 cm³/mol. The van der Waals surface area contributed by atoms with E-state index in [2.05, 4.69) is 5.32 Å². The Labute approximate surface area is 122 Å². The van der Waals surface area contributed by atoms with Crippen molar-refractivity contribution in [3.63, 3.8) is 0 Å². The van der Waals surface area contributed by atoms with Crippen molar-refractivity contribution < 1.29 is 9.72 Å². The Hall–Kier alpha value is -2.62. The van der Waals surface area contributed by atoms with E-state index in [9.17, 15) is 14.9 Å². The normalized spacial score (nSPS) is 14.3. The molecule has 1 N–H and O–H groups in total. The molecule has 0 atom stereocenters. The summed E-state index contributed by atoms with van der Waals surface area (Å²) in [7, 11) is 0. The predicted octanol–water partition coefficient (Wildman–Crippen LogP) is 1.89. The van der Waals surface area contributed by atoms with Crippen molar-refractivity contribution >= 4 is 17.3 Å². The zero-order valence-electron chi connectivity index (χ0n) is 11.5. The summed E-state index contributed by atoms with van der Waals surface area (Å²) in [6.07, 6.45) is 3.12. The maximum atomic E-state index is 12.0. The molecule has 1 heterocycles. The first-order valence-electron chi connectivity index (χ1n) is 6.82. The molecule has 0 spiro atoms. The van der Waals surface area contributed by atoms with Crippen LogP contribution in [-0.2, 0) is 4.79 Å². The first-order valence-corrected chi connectivity index (χ1v) is 6.82. The Morgan fingerprint density at radius 1 is 1.38 bits per heavy atom. The standard InChI is InChI=1S/C14H16N4O3/c15-9-11-4-5-13(18(20)21)12(8-11)16-10-14(19)17-6-2-1-3-7-17/h4-5,8,16H,1-3,6-7,10H2. The molecule has 0 radical (unpaired) electrons. The number of carbonyl (C=O) groups is 1. The second-order valence-electron chi connectivity index (χ2n) is 4.90. The quantitative estimate of drug-likeness (QED) is 0.673. The Morgan fingerprint density at radius 2 is 2.10 bits per heavy atom. The van der Waals surface area contributed by atoms with Gasteiger partial charge in [0.2, 0.25) is 5.91 Å². The molecule has 1 aromatic carbocycles. The molecular formula is C14H16N4O3. The number of nitro groups is 1. The third-order valence-corrected chi connectivity index (χ3v) is 3.46. The van der Waals surface area contributed by atoms with Crippen LogP contribution in [0.15, 0.2) is 18.2 Å². The lowest BCUT2D eigenvalue weighted by Crippen LogP contribution is -2.39. The molecule has 110 valence electrons. The van der Waals surface area contributed by atoms with Crippen molar-refractivity contribution in [2.75, 3.05) is 25.0 Å². The molecule has 7 heteroatoms. The van der Waals surface area contributed by atoms with E-state index in [0.717, 1.165) is 32.4 Å². The first kappa shape index (κ1) is 14.8. The highest BCUT2D eigenvalue weighted by molar-refractivity contribution is 5.82. The van der Waals surface area contributed by atoms with Gasteiger partial charge in [-0.15, -0.1) is 0 Å². The lowest BCUT2D eigenvalue weighted by molar-refractivity contribution is -0.384. The van der Waals surface area contributed by atoms with Gasteiger partial charge in [0.25, 0.3) is 5.69 Å². The van der Waals surface area contributed by atoms with Gasteiger partial charge in [0.1, 0.15) is 5.69 Å². The zero-order chi connectivity index (χ0) is 15.2. The number of piperidine rings is 1. The third kappa shape index (κ3) is 3.69. The fraction of sp³-hybridized carbons (Fsp3) is 0.429. The van der Waals surface area contributed by atoms with Crippen LogP contribution in [0.25, 0.3) is 0 Å². The summed E-state index contributed by atoms with van der Waals surface area (Å²) in [5.41, 5.74) is 0.373. The Morgan fingerprint density at radius 3 is 2.71 bits per heavy atom. The number of nitriles is 1. The highest BCUT2D eigenvalue weighted by Crippen LogP contribution is 2.25. The summed E-state index contributed by atoms with van der Waals surface area (Å²) in [6, 6.07) is 5.97. The molecule has 1 amide bonds. The van der Waals surface area contributed by atoms with Crippen molar-refractivity contribution in [1.29, 1.82) is 5.26 Å². The molecular weight excluding hydrogens is 272 g/mol. The molecule has 1 aromatic rings. The monoisotopic (exact) mass is 288 g/mol. The maximum Gasteiger partial charge on any atom is 0.292 e. The molecule has 0 bridgehead atoms. The van der Waals surface area contributed by atoms with Crippen molar-refractivity contribution in [3.8, 4) is 6.07 Å². The van der Waals surface area contributed by atoms with E-state index < -0.39 is 4.92 Å². The number of rotatable bonds is 4. The average molecular weight is 288 g/mol. The van der Waals surface area contributed by atoms with E-state index in [-0.39, 0.29) is 23.8 Å². The van der Waals surface area contributed by atoms with Crippen molar-refractivity contribution in [1.82, 2.24) is 4.90 Å². The Kier molecular flexibility index (Phi) is 4.72. The zero-order valence-corrected chi connectivity index (χ0v) is 11.5. The first-order chi connectivity index (χ1) is 10.1. The summed E-state index contributed by atoms with van der Waals surface area (Å²) in [5, 5.41) is 22.6. The molecule has 7 nitrogen and oxygen atoms in total. The van der Waals surface area contributed by atoms with Crippen molar-refractivity contribution in [2.45, 2.75) is 19.3 Å². The fourth-order valence-corrected chi connectivity index (χ4v) is 2.33. The highest BCUT2D eigenvalue weighted by Gasteiger charge is 2.19. The summed E-state index contributed by atoms with van der Waals surface area (Å²) in [5.74, 6) is -0.0774. The van der Waals surface area contributed by atoms with Crippen LogP contribution in [-0.4, -0.2) is 35.4 Å². The second-order valence-corrected chi connectivity index (χ2v) is 4.90. The van der Waals surface area contributed by atoms with Gasteiger partial charge in [-0.3, -0.25) is 14.9 Å². The largest absolute Gasteiger partial charge is 0.371 e. The summed E-state index contributed by atoms with van der Waals surface area (Å²) < 4.78 is 0. The van der Waals surface area contributed by atoms with E-state index >= 15 is 0 Å². The molecule has 1 fully saturated rings. The highest BCUT2D eigenvalue weighted by atomic mass is 16.6. The van der Waals surface area contributed by atoms with Crippen LogP contribution in [0.3, 0.4) is 0 Å². The molecule has 0 aromatic heterocycles. The van der Waals surface area contributed by atoms with E-state index in [1.165, 1.54) is 18.2 Å². The number of hydrogen-bond acceptors (Lipinski definition) is 5. The summed E-state index contributed by atoms with van der Waals surface area (Å²) in [4.78, 5) is 24.2. The van der Waals surface area contributed by atoms with Gasteiger partial charge in [0, 0.05) is 19.2 Å². The smallest absolute Gasteiger partial charge is 0.292 e. The van der Waals surface area contributed by atoms with Crippen LogP contribution in [0, 0.1) is 21.4 Å². The minimum Gasteiger partial charge on any atom is -0.371 e. The van der Waals surface area contributed by atoms with Gasteiger partial charge in [-0.25, -0.2) is 0 Å². The van der Waals surface area contributed by atoms with Crippen LogP contribution < -0.4 is 5.32 Å². The van der Waals surface area contributed by atoms with Crippen molar-refractivity contribution in [2.24, 2.45) is 0 Å². The number of benzene rings is 1. The maximum absolute atomic E-state index is 12.0. The minimum atomic E-state index is -0.533. The minimum absolute atomic E-state index is 0.00424. The number of anilines is 1. The number of nitrogens with one attached hydrogen (secondary N) is 1. The summed E-state index contributed by atoms with van der Waals surface area (Å²) in [6.45, 7) is 1.47. The second kappa shape index (κ2) is 6.70. The Balaban J connectivity index is 2.06. The van der Waals surface area contributed by atoms with Gasteiger partial charge in [-0.05, 0) is 31.4 Å². The number of hydrogen-bond donors (Lipinski definition) is 1. The number of carbonyl (C=O) groups excluding carboxylic acids is 1. The van der Waals surface area contributed by atoms with Gasteiger partial charge in [-0.1, -0.05) is 0 Å². The van der Waals surface area contributed by atoms with Gasteiger partial charge >= 0.3 is 0 Å². The van der Waals surface area contributed by atoms with Gasteiger partial charge in [0.05, 0.1) is 23.1 Å². The number of nitro benzene ring substituents is 1. The molecule has 0 unspecified atom stereocenters. The number of amides is 1. The van der Waals surface area contributed by atoms with E-state index in [4.69, 9.17) is 5.26 Å². The van der Waals surface area contributed by atoms with Crippen LogP contribution in [0.4, 0.5) is 11.4 Å². The molecule has 1 aliphatic heterocycles. The SMILES string of the molecule is N#Cc1ccc([N+](=O)[O-])c(NCC(=O)N2CCCCC2)c1.